The minimum atomic E-state index is -0.279. The molecular weight excluding hydrogens is 1280 g/mol. The monoisotopic (exact) mass is 1380 g/mol. The van der Waals surface area contributed by atoms with Crippen LogP contribution >= 0.6 is 0 Å². The highest BCUT2D eigenvalue weighted by Crippen LogP contribution is 2.56. The first-order valence-corrected chi connectivity index (χ1v) is 38.2. The second kappa shape index (κ2) is 25.5. The molecule has 2 aliphatic heterocycles. The number of hydrogen-bond acceptors (Lipinski definition) is 3. The Balaban J connectivity index is 1.14. The van der Waals surface area contributed by atoms with Crippen molar-refractivity contribution in [2.24, 2.45) is 0 Å². The molecule has 106 heavy (non-hydrogen) atoms. The molecule has 0 N–H and O–H groups in total. The topological polar surface area (TPSA) is 19.6 Å². The average Bonchev–Trinajstić information content (AvgIpc) is 0.749. The lowest BCUT2D eigenvalue weighted by Gasteiger charge is -2.46. The van der Waals surface area contributed by atoms with Crippen LogP contribution in [-0.4, -0.2) is 6.71 Å². The number of nitrogens with zero attached hydrogens (tertiary/aromatic N) is 2. The van der Waals surface area contributed by atoms with Gasteiger partial charge in [-0.15, -0.1) is 0 Å². The molecular formula is C102H99BN2O. The normalized spacial score (nSPS) is 13.3. The zero-order valence-corrected chi connectivity index (χ0v) is 65.4. The van der Waals surface area contributed by atoms with E-state index in [4.69, 9.17) is 4.42 Å². The molecule has 1 aromatic heterocycles. The van der Waals surface area contributed by atoms with Crippen molar-refractivity contribution < 1.29 is 4.42 Å². The van der Waals surface area contributed by atoms with Crippen molar-refractivity contribution in [3.63, 3.8) is 0 Å². The van der Waals surface area contributed by atoms with Gasteiger partial charge in [-0.2, -0.15) is 0 Å². The van der Waals surface area contributed by atoms with Gasteiger partial charge in [0.2, 0.25) is 0 Å². The molecule has 0 saturated carbocycles. The van der Waals surface area contributed by atoms with Gasteiger partial charge in [0.05, 0.1) is 11.4 Å². The van der Waals surface area contributed by atoms with Gasteiger partial charge in [-0.25, -0.2) is 0 Å². The SMILES string of the molecule is CC(C)(C)c1cc(-c2ccc3c(c2)B2c4ccc(-c5cc(C(C)(C)C)cc(C(C)(C)C)c5)cc4N(c4c(-c5ccccc5)cc(C(C)(C)C)cc4-c4ccccc4)c4cc(-c5cccc6oc7ccccc7c56)cc(c42)N3c2c(-c3ccccc3)cc(C(C)(C)C)cc2-c2ccccc2)cc(C(C)(C)C)c1. The predicted molar refractivity (Wildman–Crippen MR) is 458 cm³/mol. The first-order chi connectivity index (χ1) is 50.3. The fraction of sp³-hybridized carbons (Fsp3) is 0.235. The maximum atomic E-state index is 6.91. The van der Waals surface area contributed by atoms with Crippen LogP contribution in [0, 0.1) is 0 Å². The van der Waals surface area contributed by atoms with Gasteiger partial charge in [-0.05, 0) is 199 Å². The largest absolute Gasteiger partial charge is 0.456 e. The molecule has 0 bridgehead atoms. The van der Waals surface area contributed by atoms with E-state index in [1.165, 1.54) is 72.0 Å². The molecule has 3 nitrogen and oxygen atoms in total. The number of anilines is 6. The molecule has 0 radical (unpaired) electrons. The minimum absolute atomic E-state index is 0.105. The molecule has 526 valence electrons. The van der Waals surface area contributed by atoms with Gasteiger partial charge in [0, 0.05) is 55.8 Å². The highest BCUT2D eigenvalue weighted by molar-refractivity contribution is 7.00. The molecule has 3 heterocycles. The minimum Gasteiger partial charge on any atom is -0.456 e. The van der Waals surface area contributed by atoms with Gasteiger partial charge in [0.15, 0.2) is 0 Å². The lowest BCUT2D eigenvalue weighted by molar-refractivity contribution is 0.568. The van der Waals surface area contributed by atoms with Crippen molar-refractivity contribution >= 4 is 79.2 Å². The van der Waals surface area contributed by atoms with Gasteiger partial charge >= 0.3 is 0 Å². The fourth-order valence-corrected chi connectivity index (χ4v) is 16.3. The molecule has 0 fully saturated rings. The van der Waals surface area contributed by atoms with Crippen molar-refractivity contribution in [3.05, 3.63) is 306 Å². The Bertz CT molecular complexity index is 5570. The number of hydrogen-bond donors (Lipinski definition) is 0. The van der Waals surface area contributed by atoms with E-state index in [0.717, 1.165) is 112 Å². The van der Waals surface area contributed by atoms with E-state index in [2.05, 4.69) is 407 Å². The Morgan fingerprint density at radius 2 is 0.585 bits per heavy atom. The first-order valence-electron chi connectivity index (χ1n) is 38.2. The van der Waals surface area contributed by atoms with Crippen molar-refractivity contribution in [2.45, 2.75) is 157 Å². The molecule has 2 aliphatic rings. The third-order valence-electron chi connectivity index (χ3n) is 22.5. The summed E-state index contributed by atoms with van der Waals surface area (Å²) < 4.78 is 6.91. The van der Waals surface area contributed by atoms with E-state index in [0.29, 0.717) is 0 Å². The molecule has 0 aliphatic carbocycles. The Morgan fingerprint density at radius 3 is 1.00 bits per heavy atom. The summed E-state index contributed by atoms with van der Waals surface area (Å²) in [5, 5.41) is 2.18. The maximum absolute atomic E-state index is 6.91. The van der Waals surface area contributed by atoms with Crippen LogP contribution in [0.25, 0.3) is 99.8 Å². The highest BCUT2D eigenvalue weighted by Gasteiger charge is 2.47. The quantitative estimate of drug-likeness (QED) is 0.134. The molecule has 14 aromatic rings. The summed E-state index contributed by atoms with van der Waals surface area (Å²) in [5.74, 6) is 0. The van der Waals surface area contributed by atoms with Crippen LogP contribution in [0.1, 0.15) is 158 Å². The summed E-state index contributed by atoms with van der Waals surface area (Å²) >= 11 is 0. The molecule has 0 saturated heterocycles. The lowest BCUT2D eigenvalue weighted by Crippen LogP contribution is -2.61. The van der Waals surface area contributed by atoms with E-state index < -0.39 is 0 Å². The van der Waals surface area contributed by atoms with Crippen molar-refractivity contribution in [1.29, 1.82) is 0 Å². The summed E-state index contributed by atoms with van der Waals surface area (Å²) in [6.45, 7) is 42.2. The van der Waals surface area contributed by atoms with Crippen LogP contribution in [0.3, 0.4) is 0 Å². The Kier molecular flexibility index (Phi) is 16.8. The number of furan rings is 1. The van der Waals surface area contributed by atoms with Crippen LogP contribution in [0.5, 0.6) is 0 Å². The number of para-hydroxylation sites is 1. The second-order valence-electron chi connectivity index (χ2n) is 36.3. The summed E-state index contributed by atoms with van der Waals surface area (Å²) in [5.41, 5.74) is 35.4. The van der Waals surface area contributed by atoms with Crippen LogP contribution in [-0.2, 0) is 32.5 Å². The predicted octanol–water partition coefficient (Wildman–Crippen LogP) is 27.1. The molecule has 0 atom stereocenters. The smallest absolute Gasteiger partial charge is 0.252 e. The van der Waals surface area contributed by atoms with E-state index in [1.807, 2.05) is 0 Å². The van der Waals surface area contributed by atoms with Gasteiger partial charge in [-0.1, -0.05) is 337 Å². The molecule has 4 heteroatoms. The van der Waals surface area contributed by atoms with Crippen LogP contribution in [0.15, 0.2) is 277 Å². The zero-order valence-electron chi connectivity index (χ0n) is 65.4. The van der Waals surface area contributed by atoms with E-state index in [1.54, 1.807) is 0 Å². The Hall–Kier alpha value is -10.7. The summed E-state index contributed by atoms with van der Waals surface area (Å²) in [4.78, 5) is 5.46. The third-order valence-corrected chi connectivity index (χ3v) is 22.5. The van der Waals surface area contributed by atoms with E-state index in [9.17, 15) is 0 Å². The Labute approximate surface area is 630 Å². The number of benzene rings is 13. The fourth-order valence-electron chi connectivity index (χ4n) is 16.3. The third kappa shape index (κ3) is 12.5. The second-order valence-corrected chi connectivity index (χ2v) is 36.3. The standard InChI is InChI=1S/C102H99BN2O/c1-97(2,3)73-50-70(51-74(58-73)98(4,5)6)68-47-49-87-86(54-68)103-85-48-46-69(71-52-75(99(7,8)9)59-76(53-71)100(10,11)12)55-88(85)105(96-83(66-38-27-21-28-39-66)62-78(102(16,17)18)63-84(96)67-40-29-22-30-41-67)90-57-72(79-43-33-45-92-93(79)80-42-31-32-44-91(80)106-92)56-89(94(90)103)104(87)95-81(64-34-23-19-24-35-64)60-77(101(13,14)15)61-82(95)65-36-25-20-26-37-65/h19-63H,1-18H3. The van der Waals surface area contributed by atoms with Gasteiger partial charge in [0.25, 0.3) is 6.71 Å². The van der Waals surface area contributed by atoms with Crippen molar-refractivity contribution in [1.82, 2.24) is 0 Å². The average molecular weight is 1380 g/mol. The van der Waals surface area contributed by atoms with Crippen molar-refractivity contribution in [2.75, 3.05) is 9.80 Å². The summed E-state index contributed by atoms with van der Waals surface area (Å²) in [6.07, 6.45) is 0. The van der Waals surface area contributed by atoms with Crippen LogP contribution in [0.2, 0.25) is 0 Å². The lowest BCUT2D eigenvalue weighted by atomic mass is 9.33. The zero-order chi connectivity index (χ0) is 74.3. The summed E-state index contributed by atoms with van der Waals surface area (Å²) in [6, 6.07) is 105. The van der Waals surface area contributed by atoms with Crippen LogP contribution < -0.4 is 26.2 Å². The van der Waals surface area contributed by atoms with Gasteiger partial charge < -0.3 is 14.2 Å². The maximum Gasteiger partial charge on any atom is 0.252 e. The molecule has 0 spiro atoms. The van der Waals surface area contributed by atoms with Crippen molar-refractivity contribution in [3.8, 4) is 77.9 Å². The molecule has 0 unspecified atom stereocenters. The first kappa shape index (κ1) is 69.7. The van der Waals surface area contributed by atoms with E-state index in [-0.39, 0.29) is 39.2 Å². The number of fused-ring (bicyclic) bond motifs is 7. The van der Waals surface area contributed by atoms with Crippen LogP contribution in [0.4, 0.5) is 34.1 Å². The van der Waals surface area contributed by atoms with Gasteiger partial charge in [0.1, 0.15) is 11.2 Å². The highest BCUT2D eigenvalue weighted by atomic mass is 16.3. The van der Waals surface area contributed by atoms with Gasteiger partial charge in [-0.3, -0.25) is 0 Å². The number of rotatable bonds is 9. The molecule has 0 amide bonds. The Morgan fingerprint density at radius 1 is 0.236 bits per heavy atom. The van der Waals surface area contributed by atoms with E-state index >= 15 is 0 Å². The summed E-state index contributed by atoms with van der Waals surface area (Å²) in [7, 11) is 0. The molecule has 13 aromatic carbocycles. The molecule has 16 rings (SSSR count).